The van der Waals surface area contributed by atoms with Crippen LogP contribution in [-0.2, 0) is 4.74 Å². The number of fused-ring (bicyclic) bond motifs is 1. The Kier molecular flexibility index (Phi) is 3.38. The average molecular weight is 344 g/mol. The number of benzene rings is 2. The quantitative estimate of drug-likeness (QED) is 0.822. The fourth-order valence-corrected chi connectivity index (χ4v) is 3.34. The highest BCUT2D eigenvalue weighted by molar-refractivity contribution is 6.27. The van der Waals surface area contributed by atoms with E-state index in [1.807, 2.05) is 6.07 Å². The molecular formula is C20H12N2O4. The van der Waals surface area contributed by atoms with Gasteiger partial charge in [-0.1, -0.05) is 36.4 Å². The third-order valence-electron chi connectivity index (χ3n) is 4.49. The van der Waals surface area contributed by atoms with Crippen molar-refractivity contribution in [3.63, 3.8) is 0 Å². The van der Waals surface area contributed by atoms with Crippen molar-refractivity contribution in [1.29, 1.82) is 5.26 Å². The lowest BCUT2D eigenvalue weighted by Gasteiger charge is -2.30. The molecule has 3 N–H and O–H groups in total. The molecule has 6 nitrogen and oxygen atoms in total. The van der Waals surface area contributed by atoms with E-state index in [-0.39, 0.29) is 39.7 Å². The number of ether oxygens (including phenoxy) is 1. The molecule has 0 bridgehead atoms. The minimum atomic E-state index is -0.888. The molecule has 1 heterocycles. The molecular weight excluding hydrogens is 332 g/mol. The van der Waals surface area contributed by atoms with Crippen LogP contribution in [-0.4, -0.2) is 16.7 Å². The van der Waals surface area contributed by atoms with Gasteiger partial charge in [0, 0.05) is 11.1 Å². The molecule has 0 fully saturated rings. The van der Waals surface area contributed by atoms with E-state index in [2.05, 4.69) is 0 Å². The van der Waals surface area contributed by atoms with E-state index in [0.717, 1.165) is 0 Å². The maximum atomic E-state index is 13.1. The number of nitrogens with zero attached hydrogens (tertiary/aromatic N) is 1. The van der Waals surface area contributed by atoms with E-state index in [4.69, 9.17) is 10.5 Å². The highest BCUT2D eigenvalue weighted by atomic mass is 16.5. The minimum Gasteiger partial charge on any atom is -0.508 e. The van der Waals surface area contributed by atoms with Crippen molar-refractivity contribution < 1.29 is 19.4 Å². The Hall–Kier alpha value is -3.85. The van der Waals surface area contributed by atoms with Gasteiger partial charge in [0.05, 0.1) is 11.5 Å². The molecule has 0 radical (unpaired) electrons. The molecule has 1 aliphatic heterocycles. The summed E-state index contributed by atoms with van der Waals surface area (Å²) in [5.74, 6) is -2.16. The van der Waals surface area contributed by atoms with Gasteiger partial charge in [0.25, 0.3) is 0 Å². The fraction of sp³-hybridized carbons (Fsp3) is 0.0500. The highest BCUT2D eigenvalue weighted by Gasteiger charge is 2.43. The SMILES string of the molecule is N#CC1=C(N)OC2=C(C(=O)c3ccccc3C2=O)[C@H]1c1cccc(O)c1. The van der Waals surface area contributed by atoms with E-state index >= 15 is 0 Å². The first-order valence-corrected chi connectivity index (χ1v) is 7.82. The Morgan fingerprint density at radius 3 is 2.38 bits per heavy atom. The molecule has 6 heteroatoms. The van der Waals surface area contributed by atoms with Gasteiger partial charge in [0.15, 0.2) is 11.5 Å². The Balaban J connectivity index is 1.99. The summed E-state index contributed by atoms with van der Waals surface area (Å²) in [6.07, 6.45) is 0. The van der Waals surface area contributed by atoms with Crippen molar-refractivity contribution in [2.75, 3.05) is 0 Å². The lowest BCUT2D eigenvalue weighted by atomic mass is 9.75. The summed E-state index contributed by atoms with van der Waals surface area (Å²) in [6.45, 7) is 0. The van der Waals surface area contributed by atoms with E-state index < -0.39 is 17.5 Å². The number of aromatic hydroxyl groups is 1. The molecule has 4 rings (SSSR count). The van der Waals surface area contributed by atoms with Gasteiger partial charge in [-0.3, -0.25) is 9.59 Å². The third-order valence-corrected chi connectivity index (χ3v) is 4.49. The zero-order valence-electron chi connectivity index (χ0n) is 13.4. The lowest BCUT2D eigenvalue weighted by molar-refractivity contribution is 0.0897. The van der Waals surface area contributed by atoms with E-state index in [9.17, 15) is 20.0 Å². The smallest absolute Gasteiger partial charge is 0.229 e. The van der Waals surface area contributed by atoms with E-state index in [0.29, 0.717) is 5.56 Å². The van der Waals surface area contributed by atoms with Crippen molar-refractivity contribution >= 4 is 11.6 Å². The highest BCUT2D eigenvalue weighted by Crippen LogP contribution is 2.44. The normalized spacial score (nSPS) is 18.8. The summed E-state index contributed by atoms with van der Waals surface area (Å²) in [5.41, 5.74) is 6.91. The van der Waals surface area contributed by atoms with E-state index in [1.165, 1.54) is 12.1 Å². The Bertz CT molecular complexity index is 1090. The van der Waals surface area contributed by atoms with Crippen molar-refractivity contribution in [3.8, 4) is 11.8 Å². The van der Waals surface area contributed by atoms with Gasteiger partial charge in [-0.2, -0.15) is 5.26 Å². The fourth-order valence-electron chi connectivity index (χ4n) is 3.34. The molecule has 0 amide bonds. The molecule has 1 aliphatic carbocycles. The van der Waals surface area contributed by atoms with Crippen LogP contribution in [0.25, 0.3) is 0 Å². The first-order valence-electron chi connectivity index (χ1n) is 7.82. The van der Waals surface area contributed by atoms with E-state index in [1.54, 1.807) is 36.4 Å². The monoisotopic (exact) mass is 344 g/mol. The van der Waals surface area contributed by atoms with Crippen molar-refractivity contribution in [2.45, 2.75) is 5.92 Å². The molecule has 0 aromatic heterocycles. The van der Waals surface area contributed by atoms with Crippen molar-refractivity contribution in [3.05, 3.63) is 88.0 Å². The zero-order valence-corrected chi connectivity index (χ0v) is 13.4. The summed E-state index contributed by atoms with van der Waals surface area (Å²) < 4.78 is 5.40. The first-order chi connectivity index (χ1) is 12.5. The largest absolute Gasteiger partial charge is 0.508 e. The number of ketones is 2. The maximum absolute atomic E-state index is 13.1. The number of phenols is 1. The molecule has 0 unspecified atom stereocenters. The summed E-state index contributed by atoms with van der Waals surface area (Å²) >= 11 is 0. The Morgan fingerprint density at radius 2 is 1.73 bits per heavy atom. The standard InChI is InChI=1S/C20H12N2O4/c21-9-14-15(10-4-3-5-11(23)8-10)16-17(24)12-6-1-2-7-13(12)18(25)19(16)26-20(14)22/h1-8,15,23H,22H2/t15-/m0/s1. The second-order valence-electron chi connectivity index (χ2n) is 5.97. The number of nitriles is 1. The van der Waals surface area contributed by atoms with Crippen molar-refractivity contribution in [2.24, 2.45) is 5.73 Å². The van der Waals surface area contributed by atoms with Gasteiger partial charge in [0.1, 0.15) is 17.4 Å². The van der Waals surface area contributed by atoms with Crippen LogP contribution in [0.1, 0.15) is 32.2 Å². The summed E-state index contributed by atoms with van der Waals surface area (Å²) in [6, 6.07) is 14.6. The second-order valence-corrected chi connectivity index (χ2v) is 5.97. The summed E-state index contributed by atoms with van der Waals surface area (Å²) in [5, 5.41) is 19.4. The maximum Gasteiger partial charge on any atom is 0.229 e. The van der Waals surface area contributed by atoms with Gasteiger partial charge in [-0.05, 0) is 17.7 Å². The number of carbonyl (C=O) groups excluding carboxylic acids is 2. The lowest BCUT2D eigenvalue weighted by Crippen LogP contribution is -2.32. The van der Waals surface area contributed by atoms with Gasteiger partial charge in [0.2, 0.25) is 11.7 Å². The van der Waals surface area contributed by atoms with Crippen LogP contribution < -0.4 is 5.73 Å². The number of allylic oxidation sites excluding steroid dienone is 3. The molecule has 0 saturated carbocycles. The Morgan fingerprint density at radius 1 is 1.04 bits per heavy atom. The molecule has 2 aliphatic rings. The zero-order chi connectivity index (χ0) is 18.4. The molecule has 2 aromatic carbocycles. The van der Waals surface area contributed by atoms with Crippen LogP contribution >= 0.6 is 0 Å². The molecule has 1 atom stereocenters. The predicted molar refractivity (Wildman–Crippen MR) is 90.9 cm³/mol. The number of Topliss-reactive ketones (excluding diaryl/α,β-unsaturated/α-hetero) is 2. The van der Waals surface area contributed by atoms with Crippen LogP contribution in [0.2, 0.25) is 0 Å². The van der Waals surface area contributed by atoms with Gasteiger partial charge in [-0.15, -0.1) is 0 Å². The van der Waals surface area contributed by atoms with Crippen LogP contribution in [0.15, 0.2) is 71.3 Å². The number of carbonyl (C=O) groups is 2. The first kappa shape index (κ1) is 15.7. The number of phenolic OH excluding ortho intramolecular Hbond substituents is 1. The van der Waals surface area contributed by atoms with Crippen LogP contribution in [0, 0.1) is 11.3 Å². The van der Waals surface area contributed by atoms with Crippen LogP contribution in [0.5, 0.6) is 5.75 Å². The van der Waals surface area contributed by atoms with Crippen molar-refractivity contribution in [1.82, 2.24) is 0 Å². The third kappa shape index (κ3) is 2.11. The topological polar surface area (TPSA) is 113 Å². The van der Waals surface area contributed by atoms with Gasteiger partial charge < -0.3 is 15.6 Å². The Labute approximate surface area is 148 Å². The van der Waals surface area contributed by atoms with Crippen LogP contribution in [0.3, 0.4) is 0 Å². The number of rotatable bonds is 1. The van der Waals surface area contributed by atoms with Crippen LogP contribution in [0.4, 0.5) is 0 Å². The van der Waals surface area contributed by atoms with Gasteiger partial charge in [-0.25, -0.2) is 0 Å². The molecule has 0 spiro atoms. The number of hydrogen-bond acceptors (Lipinski definition) is 6. The summed E-state index contributed by atoms with van der Waals surface area (Å²) in [7, 11) is 0. The molecule has 2 aromatic rings. The van der Waals surface area contributed by atoms with Gasteiger partial charge >= 0.3 is 0 Å². The molecule has 0 saturated heterocycles. The molecule has 126 valence electrons. The molecule has 26 heavy (non-hydrogen) atoms. The minimum absolute atomic E-state index is 0.0230. The summed E-state index contributed by atoms with van der Waals surface area (Å²) in [4.78, 5) is 25.9. The number of hydrogen-bond donors (Lipinski definition) is 2. The number of nitrogens with two attached hydrogens (primary N) is 1. The second kappa shape index (κ2) is 5.60. The average Bonchev–Trinajstić information content (AvgIpc) is 2.65. The predicted octanol–water partition coefficient (Wildman–Crippen LogP) is 2.53.